The molecule has 0 bridgehead atoms. The zero-order chi connectivity index (χ0) is 17.1. The van der Waals surface area contributed by atoms with Crippen molar-refractivity contribution in [3.8, 4) is 0 Å². The number of nitrogens with zero attached hydrogens (tertiary/aromatic N) is 1. The van der Waals surface area contributed by atoms with Gasteiger partial charge in [-0.2, -0.15) is 4.72 Å². The number of nitrogen functional groups attached to an aromatic ring is 1. The van der Waals surface area contributed by atoms with Crippen LogP contribution in [0.4, 0.5) is 11.4 Å². The first-order valence-electron chi connectivity index (χ1n) is 6.18. The van der Waals surface area contributed by atoms with Gasteiger partial charge < -0.3 is 10.5 Å². The number of rotatable bonds is 5. The largest absolute Gasteiger partial charge is 0.459 e. The van der Waals surface area contributed by atoms with Crippen LogP contribution in [0.15, 0.2) is 23.1 Å². The molecule has 0 saturated heterocycles. The molecule has 9 nitrogen and oxygen atoms in total. The fourth-order valence-corrected chi connectivity index (χ4v) is 2.45. The highest BCUT2D eigenvalue weighted by molar-refractivity contribution is 7.89. The average molecular weight is 331 g/mol. The lowest BCUT2D eigenvalue weighted by Crippen LogP contribution is -2.34. The Balaban J connectivity index is 2.90. The van der Waals surface area contributed by atoms with Crippen LogP contribution in [0, 0.1) is 10.1 Å². The number of carbonyl (C=O) groups is 1. The Morgan fingerprint density at radius 1 is 1.41 bits per heavy atom. The Bertz CT molecular complexity index is 693. The van der Waals surface area contributed by atoms with E-state index in [9.17, 15) is 23.3 Å². The number of nitrogens with two attached hydrogens (primary N) is 1. The van der Waals surface area contributed by atoms with Crippen molar-refractivity contribution < 1.29 is 22.9 Å². The molecule has 22 heavy (non-hydrogen) atoms. The summed E-state index contributed by atoms with van der Waals surface area (Å²) < 4.78 is 31.0. The third-order valence-corrected chi connectivity index (χ3v) is 3.73. The number of nitro groups is 1. The first-order valence-corrected chi connectivity index (χ1v) is 7.66. The van der Waals surface area contributed by atoms with Crippen LogP contribution in [0.5, 0.6) is 0 Å². The first kappa shape index (κ1) is 17.9. The lowest BCUT2D eigenvalue weighted by molar-refractivity contribution is -0.384. The lowest BCUT2D eigenvalue weighted by atomic mass is 10.2. The quantitative estimate of drug-likeness (QED) is 0.351. The van der Waals surface area contributed by atoms with Gasteiger partial charge in [-0.15, -0.1) is 0 Å². The second kappa shape index (κ2) is 6.28. The van der Waals surface area contributed by atoms with E-state index in [2.05, 4.69) is 0 Å². The molecule has 1 aromatic carbocycles. The van der Waals surface area contributed by atoms with Crippen molar-refractivity contribution in [1.29, 1.82) is 0 Å². The Morgan fingerprint density at radius 3 is 2.50 bits per heavy atom. The van der Waals surface area contributed by atoms with E-state index in [1.807, 2.05) is 4.72 Å². The van der Waals surface area contributed by atoms with Crippen LogP contribution >= 0.6 is 0 Å². The van der Waals surface area contributed by atoms with Gasteiger partial charge in [0, 0.05) is 6.07 Å². The third kappa shape index (κ3) is 4.97. The summed E-state index contributed by atoms with van der Waals surface area (Å²) in [5, 5.41) is 10.8. The molecule has 0 aromatic heterocycles. The van der Waals surface area contributed by atoms with Crippen LogP contribution in [0.2, 0.25) is 0 Å². The molecule has 10 heteroatoms. The van der Waals surface area contributed by atoms with Gasteiger partial charge in [0.2, 0.25) is 10.0 Å². The summed E-state index contributed by atoms with van der Waals surface area (Å²) in [4.78, 5) is 21.1. The van der Waals surface area contributed by atoms with E-state index in [1.165, 1.54) is 0 Å². The lowest BCUT2D eigenvalue weighted by Gasteiger charge is -2.19. The summed E-state index contributed by atoms with van der Waals surface area (Å²) in [6, 6.07) is 3.05. The molecular formula is C12H17N3O6S. The minimum absolute atomic E-state index is 0.156. The van der Waals surface area contributed by atoms with Crippen molar-refractivity contribution in [3.05, 3.63) is 28.3 Å². The van der Waals surface area contributed by atoms with E-state index in [4.69, 9.17) is 10.5 Å². The Hall–Kier alpha value is -2.20. The number of ether oxygens (including phenoxy) is 1. The van der Waals surface area contributed by atoms with Crippen molar-refractivity contribution in [2.24, 2.45) is 0 Å². The maximum atomic E-state index is 12.0. The van der Waals surface area contributed by atoms with E-state index in [0.29, 0.717) is 0 Å². The molecule has 122 valence electrons. The fraction of sp³-hybridized carbons (Fsp3) is 0.417. The van der Waals surface area contributed by atoms with Gasteiger partial charge in [-0.25, -0.2) is 8.42 Å². The standard InChI is InChI=1S/C12H17N3O6S/c1-12(2,3)21-11(16)7-14-22(19,20)8-4-5-9(13)10(6-8)15(17)18/h4-6,14H,7,13H2,1-3H3. The van der Waals surface area contributed by atoms with Crippen molar-refractivity contribution in [2.45, 2.75) is 31.3 Å². The normalized spacial score (nSPS) is 12.0. The predicted octanol–water partition coefficient (Wildman–Crippen LogP) is 0.797. The van der Waals surface area contributed by atoms with Crippen molar-refractivity contribution in [1.82, 2.24) is 4.72 Å². The second-order valence-corrected chi connectivity index (χ2v) is 7.16. The molecule has 0 fully saturated rings. The number of anilines is 1. The summed E-state index contributed by atoms with van der Waals surface area (Å²) in [5.41, 5.74) is 3.96. The predicted molar refractivity (Wildman–Crippen MR) is 78.5 cm³/mol. The number of hydrogen-bond acceptors (Lipinski definition) is 7. The number of benzene rings is 1. The van der Waals surface area contributed by atoms with E-state index in [0.717, 1.165) is 18.2 Å². The molecule has 1 aromatic rings. The Kier molecular flexibility index (Phi) is 5.09. The molecule has 0 heterocycles. The summed E-state index contributed by atoms with van der Waals surface area (Å²) >= 11 is 0. The van der Waals surface area contributed by atoms with Gasteiger partial charge in [0.15, 0.2) is 0 Å². The van der Waals surface area contributed by atoms with Crippen LogP contribution in [0.3, 0.4) is 0 Å². The van der Waals surface area contributed by atoms with Crippen LogP contribution in [0.25, 0.3) is 0 Å². The number of sulfonamides is 1. The highest BCUT2D eigenvalue weighted by Gasteiger charge is 2.22. The van der Waals surface area contributed by atoms with Gasteiger partial charge in [0.25, 0.3) is 5.69 Å². The molecule has 0 aliphatic carbocycles. The summed E-state index contributed by atoms with van der Waals surface area (Å²) in [7, 11) is -4.09. The average Bonchev–Trinajstić information content (AvgIpc) is 2.34. The highest BCUT2D eigenvalue weighted by atomic mass is 32.2. The molecule has 0 aliphatic rings. The topological polar surface area (TPSA) is 142 Å². The molecule has 3 N–H and O–H groups in total. The van der Waals surface area contributed by atoms with Gasteiger partial charge in [-0.1, -0.05) is 0 Å². The molecule has 0 radical (unpaired) electrons. The van der Waals surface area contributed by atoms with E-state index < -0.39 is 38.7 Å². The smallest absolute Gasteiger partial charge is 0.321 e. The summed E-state index contributed by atoms with van der Waals surface area (Å²) in [5.74, 6) is -0.763. The highest BCUT2D eigenvalue weighted by Crippen LogP contribution is 2.24. The van der Waals surface area contributed by atoms with Gasteiger partial charge in [0.05, 0.1) is 9.82 Å². The Labute approximate surface area is 127 Å². The molecule has 0 unspecified atom stereocenters. The zero-order valence-electron chi connectivity index (χ0n) is 12.3. The number of nitro benzene ring substituents is 1. The molecule has 1 rings (SSSR count). The van der Waals surface area contributed by atoms with Gasteiger partial charge >= 0.3 is 5.97 Å². The fourth-order valence-electron chi connectivity index (χ4n) is 1.46. The Morgan fingerprint density at radius 2 is 2.00 bits per heavy atom. The number of hydrogen-bond donors (Lipinski definition) is 2. The second-order valence-electron chi connectivity index (χ2n) is 5.39. The summed E-state index contributed by atoms with van der Waals surface area (Å²) in [6.07, 6.45) is 0. The van der Waals surface area contributed by atoms with E-state index in [1.54, 1.807) is 20.8 Å². The van der Waals surface area contributed by atoms with Gasteiger partial charge in [-0.05, 0) is 32.9 Å². The van der Waals surface area contributed by atoms with Crippen molar-refractivity contribution in [2.75, 3.05) is 12.3 Å². The number of esters is 1. The maximum absolute atomic E-state index is 12.0. The van der Waals surface area contributed by atoms with Crippen LogP contribution < -0.4 is 10.5 Å². The molecule has 0 spiro atoms. The molecule has 0 amide bonds. The van der Waals surface area contributed by atoms with E-state index >= 15 is 0 Å². The number of carbonyl (C=O) groups excluding carboxylic acids is 1. The van der Waals surface area contributed by atoms with Crippen LogP contribution in [-0.4, -0.2) is 31.5 Å². The van der Waals surface area contributed by atoms with Crippen LogP contribution in [0.1, 0.15) is 20.8 Å². The van der Waals surface area contributed by atoms with Gasteiger partial charge in [0.1, 0.15) is 17.8 Å². The van der Waals surface area contributed by atoms with Crippen molar-refractivity contribution in [3.63, 3.8) is 0 Å². The minimum Gasteiger partial charge on any atom is -0.459 e. The zero-order valence-corrected chi connectivity index (χ0v) is 13.1. The number of nitrogens with one attached hydrogen (secondary N) is 1. The van der Waals surface area contributed by atoms with E-state index in [-0.39, 0.29) is 10.6 Å². The summed E-state index contributed by atoms with van der Waals surface area (Å²) in [6.45, 7) is 4.34. The molecular weight excluding hydrogens is 314 g/mol. The SMILES string of the molecule is CC(C)(C)OC(=O)CNS(=O)(=O)c1ccc(N)c([N+](=O)[O-])c1. The molecule has 0 saturated carbocycles. The third-order valence-electron chi connectivity index (χ3n) is 2.34. The first-order chi connectivity index (χ1) is 9.92. The van der Waals surface area contributed by atoms with Crippen molar-refractivity contribution >= 4 is 27.4 Å². The maximum Gasteiger partial charge on any atom is 0.321 e. The molecule has 0 aliphatic heterocycles. The minimum atomic E-state index is -4.09. The van der Waals surface area contributed by atoms with Crippen LogP contribution in [-0.2, 0) is 19.6 Å². The molecule has 0 atom stereocenters. The monoisotopic (exact) mass is 331 g/mol. The van der Waals surface area contributed by atoms with Gasteiger partial charge in [-0.3, -0.25) is 14.9 Å².